The molecule has 0 aromatic heterocycles. The van der Waals surface area contributed by atoms with Gasteiger partial charge in [0.05, 0.1) is 9.13 Å². The second-order valence-corrected chi connectivity index (χ2v) is 3.41. The quantitative estimate of drug-likeness (QED) is 0.390. The number of hydrogen-bond donors (Lipinski definition) is 0. The summed E-state index contributed by atoms with van der Waals surface area (Å²) in [6.07, 6.45) is -4.85. The Bertz CT molecular complexity index is 330. The number of alkyl halides is 3. The maximum atomic E-state index is 12.6. The monoisotopic (exact) mass is 308 g/mol. The smallest absolute Gasteiger partial charge is 0.206 e. The van der Waals surface area contributed by atoms with Crippen molar-refractivity contribution in [2.75, 3.05) is 0 Å². The minimum absolute atomic E-state index is 0.150. The molecule has 6 heteroatoms. The highest BCUT2D eigenvalue weighted by Gasteiger charge is 2.34. The third kappa shape index (κ3) is 2.29. The fourth-order valence-electron chi connectivity index (χ4n) is 0.740. The molecule has 0 bridgehead atoms. The van der Waals surface area contributed by atoms with Crippen LogP contribution >= 0.6 is 22.6 Å². The highest BCUT2D eigenvalue weighted by atomic mass is 127. The van der Waals surface area contributed by atoms with Gasteiger partial charge in [0.1, 0.15) is 11.6 Å². The Morgan fingerprint density at radius 1 is 1.00 bits per heavy atom. The van der Waals surface area contributed by atoms with Crippen LogP contribution in [0.25, 0.3) is 0 Å². The number of benzene rings is 1. The Labute approximate surface area is 83.9 Å². The Kier molecular flexibility index (Phi) is 2.79. The molecular formula is C7H2F5I. The highest BCUT2D eigenvalue weighted by Crippen LogP contribution is 2.32. The molecule has 0 amide bonds. The number of rotatable bonds is 0. The van der Waals surface area contributed by atoms with Crippen molar-refractivity contribution in [1.29, 1.82) is 0 Å². The largest absolute Gasteiger partial charge is 0.419 e. The van der Waals surface area contributed by atoms with Gasteiger partial charge >= 0.3 is 6.18 Å². The zero-order valence-electron chi connectivity index (χ0n) is 5.92. The van der Waals surface area contributed by atoms with Crippen molar-refractivity contribution in [1.82, 2.24) is 0 Å². The molecule has 13 heavy (non-hydrogen) atoms. The van der Waals surface area contributed by atoms with Crippen LogP contribution in [0.1, 0.15) is 5.56 Å². The Hall–Kier alpha value is -0.400. The van der Waals surface area contributed by atoms with E-state index in [1.165, 1.54) is 22.6 Å². The molecule has 0 atom stereocenters. The van der Waals surface area contributed by atoms with Crippen LogP contribution in [-0.2, 0) is 6.18 Å². The van der Waals surface area contributed by atoms with Gasteiger partial charge in [0.2, 0.25) is 0 Å². The molecule has 0 fully saturated rings. The first kappa shape index (κ1) is 10.7. The molecule has 0 heterocycles. The molecule has 1 aromatic rings. The second kappa shape index (κ2) is 3.39. The predicted octanol–water partition coefficient (Wildman–Crippen LogP) is 3.59. The lowest BCUT2D eigenvalue weighted by Gasteiger charge is -2.08. The minimum Gasteiger partial charge on any atom is -0.206 e. The van der Waals surface area contributed by atoms with Crippen LogP contribution in [-0.4, -0.2) is 0 Å². The lowest BCUT2D eigenvalue weighted by molar-refractivity contribution is -0.140. The molecule has 0 aliphatic carbocycles. The third-order valence-electron chi connectivity index (χ3n) is 1.32. The van der Waals surface area contributed by atoms with Gasteiger partial charge in [0, 0.05) is 0 Å². The molecule has 0 aliphatic rings. The summed E-state index contributed by atoms with van der Waals surface area (Å²) in [5, 5.41) is 0. The van der Waals surface area contributed by atoms with Crippen molar-refractivity contribution >= 4 is 22.6 Å². The topological polar surface area (TPSA) is 0 Å². The molecular weight excluding hydrogens is 306 g/mol. The van der Waals surface area contributed by atoms with Crippen LogP contribution < -0.4 is 0 Å². The van der Waals surface area contributed by atoms with E-state index < -0.39 is 23.4 Å². The van der Waals surface area contributed by atoms with E-state index in [1.807, 2.05) is 0 Å². The van der Waals surface area contributed by atoms with E-state index in [4.69, 9.17) is 0 Å². The Morgan fingerprint density at radius 2 is 1.54 bits per heavy atom. The number of hydrogen-bond acceptors (Lipinski definition) is 0. The van der Waals surface area contributed by atoms with Crippen LogP contribution in [0.4, 0.5) is 22.0 Å². The van der Waals surface area contributed by atoms with Crippen molar-refractivity contribution in [2.45, 2.75) is 6.18 Å². The standard InChI is InChI=1S/C7H2F5I/c8-4-2-6(13)5(9)1-3(4)7(10,11)12/h1-2H. The second-order valence-electron chi connectivity index (χ2n) is 2.24. The predicted molar refractivity (Wildman–Crippen MR) is 44.1 cm³/mol. The van der Waals surface area contributed by atoms with Crippen LogP contribution in [0, 0.1) is 15.2 Å². The van der Waals surface area contributed by atoms with Crippen LogP contribution in [0.15, 0.2) is 12.1 Å². The first-order valence-electron chi connectivity index (χ1n) is 3.04. The zero-order valence-corrected chi connectivity index (χ0v) is 8.08. The van der Waals surface area contributed by atoms with Crippen molar-refractivity contribution in [3.63, 3.8) is 0 Å². The van der Waals surface area contributed by atoms with Gasteiger partial charge in [-0.25, -0.2) is 8.78 Å². The summed E-state index contributed by atoms with van der Waals surface area (Å²) in [7, 11) is 0. The molecule has 0 N–H and O–H groups in total. The fraction of sp³-hybridized carbons (Fsp3) is 0.143. The van der Waals surface area contributed by atoms with Gasteiger partial charge in [-0.1, -0.05) is 0 Å². The van der Waals surface area contributed by atoms with Gasteiger partial charge in [-0.2, -0.15) is 13.2 Å². The van der Waals surface area contributed by atoms with E-state index in [9.17, 15) is 22.0 Å². The minimum atomic E-state index is -4.85. The first-order valence-corrected chi connectivity index (χ1v) is 4.12. The van der Waals surface area contributed by atoms with Gasteiger partial charge in [-0.15, -0.1) is 0 Å². The highest BCUT2D eigenvalue weighted by molar-refractivity contribution is 14.1. The lowest BCUT2D eigenvalue weighted by atomic mass is 10.2. The van der Waals surface area contributed by atoms with Gasteiger partial charge in [-0.05, 0) is 34.7 Å². The summed E-state index contributed by atoms with van der Waals surface area (Å²) in [5.41, 5.74) is -1.58. The van der Waals surface area contributed by atoms with Crippen LogP contribution in [0.2, 0.25) is 0 Å². The van der Waals surface area contributed by atoms with Crippen molar-refractivity contribution in [2.24, 2.45) is 0 Å². The summed E-state index contributed by atoms with van der Waals surface area (Å²) in [6, 6.07) is 0.663. The number of halogens is 6. The lowest BCUT2D eigenvalue weighted by Crippen LogP contribution is -2.09. The zero-order chi connectivity index (χ0) is 10.2. The summed E-state index contributed by atoms with van der Waals surface area (Å²) in [6.45, 7) is 0. The third-order valence-corrected chi connectivity index (χ3v) is 2.14. The van der Waals surface area contributed by atoms with Gasteiger partial charge < -0.3 is 0 Å². The maximum Gasteiger partial charge on any atom is 0.419 e. The van der Waals surface area contributed by atoms with E-state index in [1.54, 1.807) is 0 Å². The molecule has 72 valence electrons. The summed E-state index contributed by atoms with van der Waals surface area (Å²) >= 11 is 1.41. The van der Waals surface area contributed by atoms with Crippen molar-refractivity contribution < 1.29 is 22.0 Å². The molecule has 0 unspecified atom stereocenters. The summed E-state index contributed by atoms with van der Waals surface area (Å²) in [5.74, 6) is -2.53. The van der Waals surface area contributed by atoms with E-state index >= 15 is 0 Å². The van der Waals surface area contributed by atoms with Gasteiger partial charge in [0.25, 0.3) is 0 Å². The van der Waals surface area contributed by atoms with Crippen molar-refractivity contribution in [3.8, 4) is 0 Å². The Balaban J connectivity index is 3.32. The molecule has 0 saturated heterocycles. The van der Waals surface area contributed by atoms with E-state index in [0.717, 1.165) is 0 Å². The average molecular weight is 308 g/mol. The molecule has 0 radical (unpaired) electrons. The van der Waals surface area contributed by atoms with Gasteiger partial charge in [0.15, 0.2) is 0 Å². The first-order chi connectivity index (χ1) is 5.82. The Morgan fingerprint density at radius 3 is 2.00 bits per heavy atom. The molecule has 0 nitrogen and oxygen atoms in total. The van der Waals surface area contributed by atoms with E-state index in [0.29, 0.717) is 6.07 Å². The van der Waals surface area contributed by atoms with Crippen LogP contribution in [0.3, 0.4) is 0 Å². The normalized spacial score (nSPS) is 11.8. The molecule has 0 spiro atoms. The van der Waals surface area contributed by atoms with E-state index in [2.05, 4.69) is 0 Å². The SMILES string of the molecule is Fc1cc(C(F)(F)F)c(F)cc1I. The molecule has 0 saturated carbocycles. The summed E-state index contributed by atoms with van der Waals surface area (Å²) < 4.78 is 60.9. The van der Waals surface area contributed by atoms with Crippen molar-refractivity contribution in [3.05, 3.63) is 32.9 Å². The summed E-state index contributed by atoms with van der Waals surface area (Å²) in [4.78, 5) is 0. The molecule has 1 aromatic carbocycles. The fourth-order valence-corrected chi connectivity index (χ4v) is 1.17. The van der Waals surface area contributed by atoms with Crippen LogP contribution in [0.5, 0.6) is 0 Å². The maximum absolute atomic E-state index is 12.6. The van der Waals surface area contributed by atoms with E-state index in [-0.39, 0.29) is 9.64 Å². The molecule has 1 rings (SSSR count). The molecule has 0 aliphatic heterocycles. The average Bonchev–Trinajstić information content (AvgIpc) is 1.94. The van der Waals surface area contributed by atoms with Gasteiger partial charge in [-0.3, -0.25) is 0 Å².